The number of nitrogens with zero attached hydrogens (tertiary/aromatic N) is 1. The molecule has 0 amide bonds. The van der Waals surface area contributed by atoms with Gasteiger partial charge in [-0.1, -0.05) is 64.8 Å². The topological polar surface area (TPSA) is 43.1 Å². The minimum Gasteiger partial charge on any atom is -0.257 e. The Morgan fingerprint density at radius 2 is 1.67 bits per heavy atom. The normalized spacial score (nSPS) is 11.8. The van der Waals surface area contributed by atoms with Gasteiger partial charge in [0.05, 0.1) is 9.96 Å². The van der Waals surface area contributed by atoms with Gasteiger partial charge in [0, 0.05) is 4.90 Å². The molecule has 1 aromatic carbocycles. The Kier molecular flexibility index (Phi) is 6.32. The third kappa shape index (κ3) is 4.37. The Bertz CT molecular complexity index is 512. The number of hydrogen-bond donors (Lipinski definition) is 0. The van der Waals surface area contributed by atoms with Crippen molar-refractivity contribution in [3.8, 4) is 0 Å². The summed E-state index contributed by atoms with van der Waals surface area (Å²) in [5.74, 6) is 0. The van der Waals surface area contributed by atoms with Crippen LogP contribution in [0.1, 0.15) is 0 Å². The Morgan fingerprint density at radius 1 is 1.11 bits per heavy atom. The lowest BCUT2D eigenvalue weighted by Gasteiger charge is -2.05. The van der Waals surface area contributed by atoms with E-state index in [2.05, 4.69) is 0 Å². The standard InChI is InChI=1S/C10H5Cl4NO2S/c11-7(9(12)13)8(10(14)15(16)17)18-6-4-2-1-3-5-6/h1-5H/b10-8+. The molecule has 0 unspecified atom stereocenters. The van der Waals surface area contributed by atoms with E-state index in [0.717, 1.165) is 16.7 Å². The van der Waals surface area contributed by atoms with E-state index in [1.807, 2.05) is 6.07 Å². The maximum Gasteiger partial charge on any atom is 0.352 e. The van der Waals surface area contributed by atoms with E-state index in [1.165, 1.54) is 0 Å². The maximum atomic E-state index is 10.7. The molecule has 0 atom stereocenters. The SMILES string of the molecule is O=[N+]([O-])/C(Cl)=C(/Sc1ccccc1)C(Cl)=C(Cl)Cl. The van der Waals surface area contributed by atoms with Crippen LogP contribution in [0.4, 0.5) is 0 Å². The third-order valence-electron chi connectivity index (χ3n) is 1.68. The van der Waals surface area contributed by atoms with Crippen LogP contribution >= 0.6 is 58.2 Å². The Labute approximate surface area is 128 Å². The highest BCUT2D eigenvalue weighted by atomic mass is 35.5. The summed E-state index contributed by atoms with van der Waals surface area (Å²) < 4.78 is -0.282. The summed E-state index contributed by atoms with van der Waals surface area (Å²) in [4.78, 5) is 10.7. The molecule has 1 aromatic rings. The second-order valence-corrected chi connectivity index (χ2v) is 5.64. The quantitative estimate of drug-likeness (QED) is 0.243. The largest absolute Gasteiger partial charge is 0.352 e. The number of thioether (sulfide) groups is 1. The lowest BCUT2D eigenvalue weighted by molar-refractivity contribution is -0.412. The lowest BCUT2D eigenvalue weighted by atomic mass is 10.4. The molecule has 0 saturated heterocycles. The van der Waals surface area contributed by atoms with Crippen LogP contribution in [-0.2, 0) is 0 Å². The second-order valence-electron chi connectivity index (χ2n) is 2.87. The van der Waals surface area contributed by atoms with Gasteiger partial charge in [-0.05, 0) is 23.7 Å². The molecule has 0 aliphatic rings. The first-order chi connectivity index (χ1) is 8.43. The van der Waals surface area contributed by atoms with Crippen LogP contribution in [0, 0.1) is 10.1 Å². The number of hydrogen-bond acceptors (Lipinski definition) is 3. The van der Waals surface area contributed by atoms with E-state index in [1.54, 1.807) is 24.3 Å². The summed E-state index contributed by atoms with van der Waals surface area (Å²) in [6, 6.07) is 8.87. The van der Waals surface area contributed by atoms with Crippen LogP contribution in [0.2, 0.25) is 0 Å². The number of halogens is 4. The average molecular weight is 345 g/mol. The second kappa shape index (κ2) is 7.26. The van der Waals surface area contributed by atoms with Gasteiger partial charge in [0.25, 0.3) is 0 Å². The minimum atomic E-state index is -0.758. The van der Waals surface area contributed by atoms with Crippen LogP contribution in [0.3, 0.4) is 0 Å². The van der Waals surface area contributed by atoms with Crippen molar-refractivity contribution in [3.05, 3.63) is 60.0 Å². The molecule has 1 rings (SSSR count). The molecule has 0 bridgehead atoms. The maximum absolute atomic E-state index is 10.7. The molecule has 96 valence electrons. The highest BCUT2D eigenvalue weighted by Crippen LogP contribution is 2.40. The molecule has 0 aromatic heterocycles. The van der Waals surface area contributed by atoms with E-state index in [-0.39, 0.29) is 14.4 Å². The molecular formula is C10H5Cl4NO2S. The van der Waals surface area contributed by atoms with Gasteiger partial charge in [-0.2, -0.15) is 0 Å². The molecule has 0 spiro atoms. The summed E-state index contributed by atoms with van der Waals surface area (Å²) >= 11 is 23.5. The number of benzene rings is 1. The fourth-order valence-corrected chi connectivity index (χ4v) is 2.60. The van der Waals surface area contributed by atoms with E-state index in [0.29, 0.717) is 0 Å². The summed E-state index contributed by atoms with van der Waals surface area (Å²) in [5.41, 5.74) is 0. The van der Waals surface area contributed by atoms with Gasteiger partial charge in [-0.3, -0.25) is 10.1 Å². The van der Waals surface area contributed by atoms with Crippen molar-refractivity contribution in [2.75, 3.05) is 0 Å². The highest BCUT2D eigenvalue weighted by molar-refractivity contribution is 8.03. The Morgan fingerprint density at radius 3 is 2.11 bits per heavy atom. The van der Waals surface area contributed by atoms with E-state index >= 15 is 0 Å². The van der Waals surface area contributed by atoms with Gasteiger partial charge in [0.2, 0.25) is 0 Å². The fourth-order valence-electron chi connectivity index (χ4n) is 0.953. The van der Waals surface area contributed by atoms with Gasteiger partial charge in [0.1, 0.15) is 9.40 Å². The van der Waals surface area contributed by atoms with Crippen molar-refractivity contribution >= 4 is 58.2 Å². The summed E-state index contributed by atoms with van der Waals surface area (Å²) in [5, 5.41) is 9.90. The van der Waals surface area contributed by atoms with Gasteiger partial charge in [-0.15, -0.1) is 0 Å². The first-order valence-electron chi connectivity index (χ1n) is 4.41. The Hall–Kier alpha value is -0.390. The molecule has 0 fully saturated rings. The summed E-state index contributed by atoms with van der Waals surface area (Å²) in [6.45, 7) is 0. The van der Waals surface area contributed by atoms with Crippen molar-refractivity contribution < 1.29 is 4.92 Å². The molecule has 3 nitrogen and oxygen atoms in total. The van der Waals surface area contributed by atoms with E-state index in [9.17, 15) is 10.1 Å². The molecule has 8 heteroatoms. The van der Waals surface area contributed by atoms with Crippen LogP contribution < -0.4 is 0 Å². The van der Waals surface area contributed by atoms with Crippen LogP contribution in [0.25, 0.3) is 0 Å². The lowest BCUT2D eigenvalue weighted by Crippen LogP contribution is -1.96. The van der Waals surface area contributed by atoms with Crippen LogP contribution in [-0.4, -0.2) is 4.92 Å². The highest BCUT2D eigenvalue weighted by Gasteiger charge is 2.22. The fraction of sp³-hybridized carbons (Fsp3) is 0. The van der Waals surface area contributed by atoms with Crippen molar-refractivity contribution in [3.63, 3.8) is 0 Å². The summed E-state index contributed by atoms with van der Waals surface area (Å²) in [6.07, 6.45) is 0. The van der Waals surface area contributed by atoms with Gasteiger partial charge in [0.15, 0.2) is 0 Å². The first kappa shape index (κ1) is 15.7. The zero-order chi connectivity index (χ0) is 13.7. The van der Waals surface area contributed by atoms with Crippen molar-refractivity contribution in [1.82, 2.24) is 0 Å². The number of nitro groups is 1. The zero-order valence-electron chi connectivity index (χ0n) is 8.57. The molecule has 0 saturated carbocycles. The molecule has 0 N–H and O–H groups in total. The van der Waals surface area contributed by atoms with Crippen LogP contribution in [0.15, 0.2) is 54.8 Å². The van der Waals surface area contributed by atoms with Crippen molar-refractivity contribution in [2.24, 2.45) is 0 Å². The average Bonchev–Trinajstić information content (AvgIpc) is 2.35. The van der Waals surface area contributed by atoms with Gasteiger partial charge < -0.3 is 0 Å². The predicted molar refractivity (Wildman–Crippen MR) is 76.8 cm³/mol. The number of rotatable bonds is 4. The Balaban J connectivity index is 3.20. The van der Waals surface area contributed by atoms with Crippen LogP contribution in [0.5, 0.6) is 0 Å². The monoisotopic (exact) mass is 343 g/mol. The van der Waals surface area contributed by atoms with Crippen molar-refractivity contribution in [2.45, 2.75) is 4.90 Å². The number of allylic oxidation sites excluding steroid dienone is 1. The zero-order valence-corrected chi connectivity index (χ0v) is 12.4. The minimum absolute atomic E-state index is 0.00506. The third-order valence-corrected chi connectivity index (χ3v) is 4.29. The molecule has 0 radical (unpaired) electrons. The molecular weight excluding hydrogens is 340 g/mol. The van der Waals surface area contributed by atoms with E-state index < -0.39 is 10.1 Å². The molecule has 18 heavy (non-hydrogen) atoms. The smallest absolute Gasteiger partial charge is 0.257 e. The van der Waals surface area contributed by atoms with Crippen molar-refractivity contribution in [1.29, 1.82) is 0 Å². The molecule has 0 aliphatic heterocycles. The first-order valence-corrected chi connectivity index (χ1v) is 6.74. The molecule has 0 aliphatic carbocycles. The van der Waals surface area contributed by atoms with Gasteiger partial charge in [-0.25, -0.2) is 0 Å². The summed E-state index contributed by atoms with van der Waals surface area (Å²) in [7, 11) is 0. The van der Waals surface area contributed by atoms with Gasteiger partial charge >= 0.3 is 5.16 Å². The predicted octanol–water partition coefficient (Wildman–Crippen LogP) is 5.35. The van der Waals surface area contributed by atoms with E-state index in [4.69, 9.17) is 46.4 Å². The molecule has 0 heterocycles.